The van der Waals surface area contributed by atoms with Gasteiger partial charge in [-0.1, -0.05) is 23.2 Å². The SMILES string of the molecule is NNC(Cc1cncs1)c1cc(Cl)sc1Cl. The minimum Gasteiger partial charge on any atom is -0.271 e. The van der Waals surface area contributed by atoms with Crippen LogP contribution in [-0.4, -0.2) is 4.98 Å². The van der Waals surface area contributed by atoms with E-state index in [4.69, 9.17) is 29.0 Å². The van der Waals surface area contributed by atoms with Crippen LogP contribution in [0.2, 0.25) is 8.67 Å². The topological polar surface area (TPSA) is 50.9 Å². The minimum absolute atomic E-state index is 0.0308. The molecule has 1 unspecified atom stereocenters. The minimum atomic E-state index is -0.0308. The highest BCUT2D eigenvalue weighted by Gasteiger charge is 2.17. The average Bonchev–Trinajstić information content (AvgIpc) is 2.85. The summed E-state index contributed by atoms with van der Waals surface area (Å²) < 4.78 is 1.35. The number of nitrogens with two attached hydrogens (primary N) is 1. The Bertz CT molecular complexity index is 455. The molecule has 2 aromatic heterocycles. The maximum absolute atomic E-state index is 6.09. The van der Waals surface area contributed by atoms with Crippen LogP contribution < -0.4 is 11.3 Å². The van der Waals surface area contributed by atoms with Gasteiger partial charge in [-0.3, -0.25) is 16.3 Å². The lowest BCUT2D eigenvalue weighted by Crippen LogP contribution is -2.29. The zero-order chi connectivity index (χ0) is 11.5. The van der Waals surface area contributed by atoms with Gasteiger partial charge in [-0.05, 0) is 6.07 Å². The molecule has 0 aromatic carbocycles. The van der Waals surface area contributed by atoms with E-state index in [-0.39, 0.29) is 6.04 Å². The molecule has 0 bridgehead atoms. The molecule has 3 N–H and O–H groups in total. The Morgan fingerprint density at radius 2 is 2.31 bits per heavy atom. The second-order valence-corrected chi connectivity index (χ2v) is 6.43. The fourth-order valence-electron chi connectivity index (χ4n) is 1.39. The second-order valence-electron chi connectivity index (χ2n) is 3.17. The highest BCUT2D eigenvalue weighted by molar-refractivity contribution is 7.20. The van der Waals surface area contributed by atoms with Gasteiger partial charge >= 0.3 is 0 Å². The van der Waals surface area contributed by atoms with E-state index in [0.717, 1.165) is 16.9 Å². The number of thiophene rings is 1. The Morgan fingerprint density at radius 3 is 2.81 bits per heavy atom. The molecule has 0 aliphatic rings. The Labute approximate surface area is 111 Å². The fourth-order valence-corrected chi connectivity index (χ4v) is 3.61. The molecule has 2 heterocycles. The monoisotopic (exact) mass is 293 g/mol. The maximum atomic E-state index is 6.09. The Morgan fingerprint density at radius 1 is 1.50 bits per heavy atom. The van der Waals surface area contributed by atoms with Crippen LogP contribution in [-0.2, 0) is 6.42 Å². The van der Waals surface area contributed by atoms with E-state index in [1.54, 1.807) is 16.8 Å². The quantitative estimate of drug-likeness (QED) is 0.672. The van der Waals surface area contributed by atoms with E-state index in [2.05, 4.69) is 10.4 Å². The van der Waals surface area contributed by atoms with Gasteiger partial charge in [0.25, 0.3) is 0 Å². The molecule has 0 aliphatic carbocycles. The van der Waals surface area contributed by atoms with Crippen molar-refractivity contribution in [1.82, 2.24) is 10.4 Å². The molecule has 2 rings (SSSR count). The lowest BCUT2D eigenvalue weighted by molar-refractivity contribution is 0.557. The lowest BCUT2D eigenvalue weighted by atomic mass is 10.1. The number of halogens is 2. The standard InChI is InChI=1S/C9H9Cl2N3S2/c10-8-2-6(9(11)16-8)7(14-12)1-5-3-13-4-15-5/h2-4,7,14H,1,12H2. The summed E-state index contributed by atoms with van der Waals surface area (Å²) >= 11 is 14.9. The molecule has 0 fully saturated rings. The van der Waals surface area contributed by atoms with Gasteiger partial charge in [-0.2, -0.15) is 0 Å². The van der Waals surface area contributed by atoms with Gasteiger partial charge in [-0.15, -0.1) is 22.7 Å². The van der Waals surface area contributed by atoms with Gasteiger partial charge in [0, 0.05) is 23.1 Å². The zero-order valence-corrected chi connectivity index (χ0v) is 11.3. The summed E-state index contributed by atoms with van der Waals surface area (Å²) in [5.74, 6) is 5.54. The molecule has 0 saturated carbocycles. The van der Waals surface area contributed by atoms with E-state index in [0.29, 0.717) is 8.67 Å². The van der Waals surface area contributed by atoms with Crippen LogP contribution in [0, 0.1) is 0 Å². The molecule has 16 heavy (non-hydrogen) atoms. The van der Waals surface area contributed by atoms with Crippen molar-refractivity contribution >= 4 is 45.9 Å². The van der Waals surface area contributed by atoms with Gasteiger partial charge in [0.05, 0.1) is 20.2 Å². The third-order valence-electron chi connectivity index (χ3n) is 2.15. The zero-order valence-electron chi connectivity index (χ0n) is 8.11. The van der Waals surface area contributed by atoms with Crippen LogP contribution in [0.5, 0.6) is 0 Å². The summed E-state index contributed by atoms with van der Waals surface area (Å²) in [7, 11) is 0. The van der Waals surface area contributed by atoms with Crippen LogP contribution in [0.4, 0.5) is 0 Å². The molecule has 0 aliphatic heterocycles. The van der Waals surface area contributed by atoms with Gasteiger partial charge in [0.1, 0.15) is 0 Å². The predicted molar refractivity (Wildman–Crippen MR) is 70.2 cm³/mol. The molecule has 2 aromatic rings. The first-order valence-corrected chi connectivity index (χ1v) is 6.94. The number of hydrogen-bond acceptors (Lipinski definition) is 5. The first kappa shape index (κ1) is 12.3. The van der Waals surface area contributed by atoms with Gasteiger partial charge in [0.15, 0.2) is 0 Å². The van der Waals surface area contributed by atoms with E-state index in [1.165, 1.54) is 11.3 Å². The van der Waals surface area contributed by atoms with Crippen molar-refractivity contribution < 1.29 is 0 Å². The fraction of sp³-hybridized carbons (Fsp3) is 0.222. The van der Waals surface area contributed by atoms with Crippen LogP contribution in [0.1, 0.15) is 16.5 Å². The predicted octanol–water partition coefficient (Wildman–Crippen LogP) is 3.26. The third-order valence-corrected chi connectivity index (χ3v) is 4.47. The number of rotatable bonds is 4. The lowest BCUT2D eigenvalue weighted by Gasteiger charge is -2.13. The number of nitrogens with zero attached hydrogens (tertiary/aromatic N) is 1. The van der Waals surface area contributed by atoms with E-state index in [1.807, 2.05) is 12.3 Å². The van der Waals surface area contributed by atoms with Crippen molar-refractivity contribution in [3.05, 3.63) is 36.9 Å². The summed E-state index contributed by atoms with van der Waals surface area (Å²) in [5, 5.41) is 0. The summed E-state index contributed by atoms with van der Waals surface area (Å²) in [6.45, 7) is 0. The molecule has 3 nitrogen and oxygen atoms in total. The summed E-state index contributed by atoms with van der Waals surface area (Å²) in [6.07, 6.45) is 2.59. The molecular weight excluding hydrogens is 285 g/mol. The Hall–Kier alpha value is -0.170. The number of hydrogen-bond donors (Lipinski definition) is 2. The normalized spacial score (nSPS) is 12.9. The second kappa shape index (κ2) is 5.44. The van der Waals surface area contributed by atoms with Crippen molar-refractivity contribution in [3.63, 3.8) is 0 Å². The van der Waals surface area contributed by atoms with Gasteiger partial charge < -0.3 is 0 Å². The molecule has 86 valence electrons. The number of hydrazine groups is 1. The molecule has 0 spiro atoms. The van der Waals surface area contributed by atoms with E-state index >= 15 is 0 Å². The molecule has 0 saturated heterocycles. The maximum Gasteiger partial charge on any atom is 0.0992 e. The Kier molecular flexibility index (Phi) is 4.18. The summed E-state index contributed by atoms with van der Waals surface area (Å²) in [4.78, 5) is 5.18. The van der Waals surface area contributed by atoms with Crippen LogP contribution in [0.3, 0.4) is 0 Å². The van der Waals surface area contributed by atoms with E-state index in [9.17, 15) is 0 Å². The average molecular weight is 294 g/mol. The summed E-state index contributed by atoms with van der Waals surface area (Å²) in [5.41, 5.74) is 5.49. The first-order valence-electron chi connectivity index (χ1n) is 4.49. The largest absolute Gasteiger partial charge is 0.271 e. The van der Waals surface area contributed by atoms with Gasteiger partial charge in [0.2, 0.25) is 0 Å². The Balaban J connectivity index is 2.19. The van der Waals surface area contributed by atoms with Crippen molar-refractivity contribution in [2.24, 2.45) is 5.84 Å². The van der Waals surface area contributed by atoms with Gasteiger partial charge in [-0.25, -0.2) is 0 Å². The van der Waals surface area contributed by atoms with Crippen molar-refractivity contribution in [3.8, 4) is 0 Å². The third kappa shape index (κ3) is 2.74. The molecule has 1 atom stereocenters. The highest BCUT2D eigenvalue weighted by Crippen LogP contribution is 2.36. The smallest absolute Gasteiger partial charge is 0.0992 e. The van der Waals surface area contributed by atoms with Crippen LogP contribution in [0.15, 0.2) is 17.8 Å². The van der Waals surface area contributed by atoms with Crippen LogP contribution in [0.25, 0.3) is 0 Å². The molecule has 0 amide bonds. The summed E-state index contributed by atoms with van der Waals surface area (Å²) in [6, 6.07) is 1.82. The number of aromatic nitrogens is 1. The molecular formula is C9H9Cl2N3S2. The first-order chi connectivity index (χ1) is 7.70. The molecule has 0 radical (unpaired) electrons. The molecule has 7 heteroatoms. The van der Waals surface area contributed by atoms with Crippen molar-refractivity contribution in [1.29, 1.82) is 0 Å². The highest BCUT2D eigenvalue weighted by atomic mass is 35.5. The van der Waals surface area contributed by atoms with Crippen molar-refractivity contribution in [2.75, 3.05) is 0 Å². The van der Waals surface area contributed by atoms with Crippen LogP contribution >= 0.6 is 45.9 Å². The van der Waals surface area contributed by atoms with E-state index < -0.39 is 0 Å². The number of thiazole rings is 1. The van der Waals surface area contributed by atoms with Crippen molar-refractivity contribution in [2.45, 2.75) is 12.5 Å². The number of nitrogens with one attached hydrogen (secondary N) is 1.